The molecule has 3 aromatic rings. The van der Waals surface area contributed by atoms with E-state index in [9.17, 15) is 4.79 Å². The Morgan fingerprint density at radius 1 is 1.29 bits per heavy atom. The summed E-state index contributed by atoms with van der Waals surface area (Å²) in [5.41, 5.74) is 1.11. The predicted octanol–water partition coefficient (Wildman–Crippen LogP) is 3.51. The van der Waals surface area contributed by atoms with Crippen LogP contribution in [0.4, 0.5) is 0 Å². The second kappa shape index (κ2) is 8.67. The quantitative estimate of drug-likeness (QED) is 0.547. The van der Waals surface area contributed by atoms with E-state index >= 15 is 0 Å². The summed E-state index contributed by atoms with van der Waals surface area (Å²) in [5, 5.41) is 13.5. The molecule has 0 radical (unpaired) electrons. The van der Waals surface area contributed by atoms with Crippen molar-refractivity contribution >= 4 is 33.0 Å². The van der Waals surface area contributed by atoms with Crippen LogP contribution in [-0.4, -0.2) is 29.6 Å². The number of hydrogen-bond acceptors (Lipinski definition) is 6. The molecule has 0 aliphatic heterocycles. The Bertz CT molecular complexity index is 1150. The molecule has 0 spiro atoms. The van der Waals surface area contributed by atoms with Gasteiger partial charge in [0, 0.05) is 10.9 Å². The maximum atomic E-state index is 12.9. The maximum absolute atomic E-state index is 12.9. The number of aryl methyl sites for hydroxylation is 1. The standard InChI is InChI=1S/C20H17BrN4O3/c1-3-19-24-16-6-5-14(21)11-15(16)20(26)25(19)23-12-13-4-7-17(28-9-8-22)18(10-13)27-2/h4-7,10-12H,3,9H2,1-2H3. The third kappa shape index (κ3) is 4.05. The van der Waals surface area contributed by atoms with Crippen molar-refractivity contribution in [3.05, 3.63) is 62.6 Å². The number of fused-ring (bicyclic) bond motifs is 1. The molecule has 0 bridgehead atoms. The van der Waals surface area contributed by atoms with Crippen molar-refractivity contribution < 1.29 is 9.47 Å². The number of halogens is 1. The Morgan fingerprint density at radius 3 is 2.82 bits per heavy atom. The largest absolute Gasteiger partial charge is 0.493 e. The second-order valence-electron chi connectivity index (χ2n) is 5.76. The lowest BCUT2D eigenvalue weighted by atomic mass is 10.2. The van der Waals surface area contributed by atoms with Crippen LogP contribution in [0.25, 0.3) is 10.9 Å². The van der Waals surface area contributed by atoms with Crippen molar-refractivity contribution in [1.29, 1.82) is 5.26 Å². The molecular weight excluding hydrogens is 424 g/mol. The van der Waals surface area contributed by atoms with Crippen LogP contribution in [0.1, 0.15) is 18.3 Å². The van der Waals surface area contributed by atoms with Crippen LogP contribution in [-0.2, 0) is 6.42 Å². The van der Waals surface area contributed by atoms with E-state index in [1.165, 1.54) is 11.8 Å². The number of nitriles is 1. The normalized spacial score (nSPS) is 10.9. The number of aromatic nitrogens is 2. The van der Waals surface area contributed by atoms with Crippen LogP contribution in [0.3, 0.4) is 0 Å². The van der Waals surface area contributed by atoms with E-state index in [4.69, 9.17) is 14.7 Å². The Balaban J connectivity index is 2.02. The smallest absolute Gasteiger partial charge is 0.282 e. The van der Waals surface area contributed by atoms with E-state index in [0.717, 1.165) is 4.47 Å². The molecule has 0 saturated heterocycles. The summed E-state index contributed by atoms with van der Waals surface area (Å²) >= 11 is 3.38. The molecule has 0 saturated carbocycles. The van der Waals surface area contributed by atoms with Gasteiger partial charge in [-0.2, -0.15) is 15.0 Å². The van der Waals surface area contributed by atoms with E-state index in [-0.39, 0.29) is 12.2 Å². The Morgan fingerprint density at radius 2 is 2.11 bits per heavy atom. The molecule has 0 amide bonds. The van der Waals surface area contributed by atoms with Gasteiger partial charge in [-0.3, -0.25) is 4.79 Å². The van der Waals surface area contributed by atoms with Crippen LogP contribution in [0.2, 0.25) is 0 Å². The molecule has 1 heterocycles. The Hall–Kier alpha value is -3.18. The molecule has 0 aliphatic rings. The minimum atomic E-state index is -0.236. The summed E-state index contributed by atoms with van der Waals surface area (Å²) in [6, 6.07) is 12.5. The van der Waals surface area contributed by atoms with Crippen LogP contribution in [0.15, 0.2) is 50.8 Å². The van der Waals surface area contributed by atoms with Crippen molar-refractivity contribution in [2.24, 2.45) is 5.10 Å². The zero-order chi connectivity index (χ0) is 20.1. The molecule has 0 aliphatic carbocycles. The van der Waals surface area contributed by atoms with E-state index < -0.39 is 0 Å². The van der Waals surface area contributed by atoms with E-state index in [2.05, 4.69) is 26.0 Å². The number of methoxy groups -OCH3 is 1. The van der Waals surface area contributed by atoms with E-state index in [1.54, 1.807) is 36.5 Å². The van der Waals surface area contributed by atoms with Crippen LogP contribution in [0, 0.1) is 11.3 Å². The van der Waals surface area contributed by atoms with E-state index in [0.29, 0.717) is 40.2 Å². The molecule has 0 fully saturated rings. The first-order chi connectivity index (χ1) is 13.6. The van der Waals surface area contributed by atoms with Crippen molar-refractivity contribution in [3.8, 4) is 17.6 Å². The average molecular weight is 441 g/mol. The van der Waals surface area contributed by atoms with Gasteiger partial charge in [-0.05, 0) is 42.0 Å². The highest BCUT2D eigenvalue weighted by Crippen LogP contribution is 2.27. The third-order valence-corrected chi connectivity index (χ3v) is 4.49. The number of hydrogen-bond donors (Lipinski definition) is 0. The highest BCUT2D eigenvalue weighted by molar-refractivity contribution is 9.10. The van der Waals surface area contributed by atoms with Gasteiger partial charge in [-0.15, -0.1) is 0 Å². The summed E-state index contributed by atoms with van der Waals surface area (Å²) in [7, 11) is 1.51. The van der Waals surface area contributed by atoms with Crippen LogP contribution >= 0.6 is 15.9 Å². The number of benzene rings is 2. The zero-order valence-corrected chi connectivity index (χ0v) is 16.9. The minimum absolute atomic E-state index is 0.0721. The van der Waals surface area contributed by atoms with Gasteiger partial charge in [0.15, 0.2) is 18.1 Å². The summed E-state index contributed by atoms with van der Waals surface area (Å²) < 4.78 is 12.7. The SMILES string of the molecule is CCc1nc2ccc(Br)cc2c(=O)n1N=Cc1ccc(OCC#N)c(OC)c1. The first kappa shape index (κ1) is 19.6. The molecule has 7 nitrogen and oxygen atoms in total. The topological polar surface area (TPSA) is 89.5 Å². The van der Waals surface area contributed by atoms with Crippen molar-refractivity contribution in [1.82, 2.24) is 9.66 Å². The number of rotatable bonds is 6. The number of nitrogens with zero attached hydrogens (tertiary/aromatic N) is 4. The Kier molecular flexibility index (Phi) is 6.06. The van der Waals surface area contributed by atoms with Gasteiger partial charge >= 0.3 is 0 Å². The molecule has 0 N–H and O–H groups in total. The summed E-state index contributed by atoms with van der Waals surface area (Å²) in [5.74, 6) is 1.50. The molecule has 2 aromatic carbocycles. The van der Waals surface area contributed by atoms with Crippen molar-refractivity contribution in [3.63, 3.8) is 0 Å². The van der Waals surface area contributed by atoms with Crippen LogP contribution < -0.4 is 15.0 Å². The molecule has 8 heteroatoms. The van der Waals surface area contributed by atoms with Gasteiger partial charge in [0.05, 0.1) is 24.2 Å². The second-order valence-corrected chi connectivity index (χ2v) is 6.68. The third-order valence-electron chi connectivity index (χ3n) is 3.99. The lowest BCUT2D eigenvalue weighted by Crippen LogP contribution is -2.22. The molecule has 0 unspecified atom stereocenters. The molecule has 0 atom stereocenters. The molecule has 142 valence electrons. The molecule has 28 heavy (non-hydrogen) atoms. The van der Waals surface area contributed by atoms with Gasteiger partial charge in [0.2, 0.25) is 0 Å². The van der Waals surface area contributed by atoms with Crippen molar-refractivity contribution in [2.75, 3.05) is 13.7 Å². The highest BCUT2D eigenvalue weighted by atomic mass is 79.9. The first-order valence-electron chi connectivity index (χ1n) is 8.50. The van der Waals surface area contributed by atoms with Gasteiger partial charge < -0.3 is 9.47 Å². The molecular formula is C20H17BrN4O3. The highest BCUT2D eigenvalue weighted by Gasteiger charge is 2.10. The fourth-order valence-corrected chi connectivity index (χ4v) is 3.02. The molecule has 1 aromatic heterocycles. The molecule has 3 rings (SSSR count). The zero-order valence-electron chi connectivity index (χ0n) is 15.3. The fraction of sp³-hybridized carbons (Fsp3) is 0.200. The summed E-state index contributed by atoms with van der Waals surface area (Å²) in [4.78, 5) is 17.4. The van der Waals surface area contributed by atoms with E-state index in [1.807, 2.05) is 19.1 Å². The maximum Gasteiger partial charge on any atom is 0.282 e. The lowest BCUT2D eigenvalue weighted by molar-refractivity contribution is 0.329. The first-order valence-corrected chi connectivity index (χ1v) is 9.30. The summed E-state index contributed by atoms with van der Waals surface area (Å²) in [6.07, 6.45) is 2.12. The average Bonchev–Trinajstić information content (AvgIpc) is 2.72. The predicted molar refractivity (Wildman–Crippen MR) is 110 cm³/mol. The van der Waals surface area contributed by atoms with Crippen LogP contribution in [0.5, 0.6) is 11.5 Å². The monoisotopic (exact) mass is 440 g/mol. The van der Waals surface area contributed by atoms with Gasteiger partial charge in [0.1, 0.15) is 11.9 Å². The Labute approximate surface area is 170 Å². The van der Waals surface area contributed by atoms with Gasteiger partial charge in [-0.1, -0.05) is 22.9 Å². The fourth-order valence-electron chi connectivity index (χ4n) is 2.66. The lowest BCUT2D eigenvalue weighted by Gasteiger charge is -2.09. The minimum Gasteiger partial charge on any atom is -0.493 e. The van der Waals surface area contributed by atoms with Gasteiger partial charge in [-0.25, -0.2) is 4.98 Å². The van der Waals surface area contributed by atoms with Gasteiger partial charge in [0.25, 0.3) is 5.56 Å². The van der Waals surface area contributed by atoms with Crippen molar-refractivity contribution in [2.45, 2.75) is 13.3 Å². The summed E-state index contributed by atoms with van der Waals surface area (Å²) in [6.45, 7) is 1.85. The number of ether oxygens (including phenoxy) is 2.